The average Bonchev–Trinajstić information content (AvgIpc) is 2.49. The Labute approximate surface area is 123 Å². The Morgan fingerprint density at radius 2 is 2.15 bits per heavy atom. The predicted molar refractivity (Wildman–Crippen MR) is 87.8 cm³/mol. The molecule has 1 fully saturated rings. The van der Waals surface area contributed by atoms with Crippen molar-refractivity contribution < 1.29 is 0 Å². The molecular weight excluding hydrogens is 244 g/mol. The first kappa shape index (κ1) is 15.3. The average molecular weight is 272 g/mol. The van der Waals surface area contributed by atoms with Gasteiger partial charge in [-0.25, -0.2) is 0 Å². The molecule has 0 aromatic heterocycles. The molecule has 1 saturated heterocycles. The van der Waals surface area contributed by atoms with E-state index >= 15 is 0 Å². The van der Waals surface area contributed by atoms with Gasteiger partial charge in [-0.3, -0.25) is 4.90 Å². The Morgan fingerprint density at radius 3 is 2.80 bits per heavy atom. The zero-order valence-electron chi connectivity index (χ0n) is 12.8. The molecule has 110 valence electrons. The Bertz CT molecular complexity index is 393. The third-order valence-electron chi connectivity index (χ3n) is 4.05. The molecule has 0 saturated carbocycles. The molecule has 1 aliphatic rings. The zero-order chi connectivity index (χ0) is 14.2. The van der Waals surface area contributed by atoms with Crippen LogP contribution in [0.5, 0.6) is 0 Å². The molecular formula is C18H28N2. The first-order chi connectivity index (χ1) is 9.79. The summed E-state index contributed by atoms with van der Waals surface area (Å²) >= 11 is 0. The quantitative estimate of drug-likeness (QED) is 0.818. The molecule has 2 nitrogen and oxygen atoms in total. The Kier molecular flexibility index (Phi) is 6.28. The van der Waals surface area contributed by atoms with Crippen molar-refractivity contribution in [1.29, 1.82) is 0 Å². The standard InChI is InChI=1S/C18H28N2/c1-3-12-20(15-17-8-7-11-19-13-17)14-16(2)18-9-5-4-6-10-18/h4-6,9-10,17,19H,2-3,7-8,11-15H2,1H3. The summed E-state index contributed by atoms with van der Waals surface area (Å²) in [6, 6.07) is 10.6. The molecule has 1 heterocycles. The third-order valence-corrected chi connectivity index (χ3v) is 4.05. The maximum absolute atomic E-state index is 4.28. The van der Waals surface area contributed by atoms with E-state index in [-0.39, 0.29) is 0 Å². The van der Waals surface area contributed by atoms with E-state index < -0.39 is 0 Å². The van der Waals surface area contributed by atoms with Crippen LogP contribution < -0.4 is 5.32 Å². The molecule has 1 aromatic rings. The highest BCUT2D eigenvalue weighted by molar-refractivity contribution is 5.64. The normalized spacial score (nSPS) is 19.2. The number of nitrogens with zero attached hydrogens (tertiary/aromatic N) is 1. The van der Waals surface area contributed by atoms with Gasteiger partial charge in [-0.1, -0.05) is 43.8 Å². The summed E-state index contributed by atoms with van der Waals surface area (Å²) < 4.78 is 0. The largest absolute Gasteiger partial charge is 0.316 e. The zero-order valence-corrected chi connectivity index (χ0v) is 12.8. The summed E-state index contributed by atoms with van der Waals surface area (Å²) in [5, 5.41) is 3.52. The highest BCUT2D eigenvalue weighted by atomic mass is 15.1. The van der Waals surface area contributed by atoms with Crippen LogP contribution in [-0.2, 0) is 0 Å². The van der Waals surface area contributed by atoms with Crippen molar-refractivity contribution in [2.75, 3.05) is 32.7 Å². The van der Waals surface area contributed by atoms with Gasteiger partial charge < -0.3 is 5.32 Å². The van der Waals surface area contributed by atoms with Gasteiger partial charge in [0.1, 0.15) is 0 Å². The molecule has 1 N–H and O–H groups in total. The van der Waals surface area contributed by atoms with Crippen molar-refractivity contribution in [1.82, 2.24) is 10.2 Å². The molecule has 1 aromatic carbocycles. The molecule has 0 spiro atoms. The number of rotatable bonds is 7. The van der Waals surface area contributed by atoms with E-state index in [9.17, 15) is 0 Å². The van der Waals surface area contributed by atoms with Crippen molar-refractivity contribution >= 4 is 5.57 Å². The van der Waals surface area contributed by atoms with Gasteiger partial charge in [-0.15, -0.1) is 0 Å². The molecule has 0 radical (unpaired) electrons. The molecule has 2 rings (SSSR count). The highest BCUT2D eigenvalue weighted by Gasteiger charge is 2.17. The second-order valence-corrected chi connectivity index (χ2v) is 5.92. The summed E-state index contributed by atoms with van der Waals surface area (Å²) in [6.07, 6.45) is 3.90. The van der Waals surface area contributed by atoms with E-state index in [1.165, 1.54) is 56.6 Å². The van der Waals surface area contributed by atoms with Crippen LogP contribution in [0.1, 0.15) is 31.7 Å². The lowest BCUT2D eigenvalue weighted by molar-refractivity contribution is 0.228. The molecule has 0 amide bonds. The van der Waals surface area contributed by atoms with Gasteiger partial charge in [0, 0.05) is 13.1 Å². The van der Waals surface area contributed by atoms with Crippen molar-refractivity contribution in [3.8, 4) is 0 Å². The fourth-order valence-corrected chi connectivity index (χ4v) is 3.03. The van der Waals surface area contributed by atoms with Gasteiger partial charge in [-0.2, -0.15) is 0 Å². The topological polar surface area (TPSA) is 15.3 Å². The fourth-order valence-electron chi connectivity index (χ4n) is 3.03. The van der Waals surface area contributed by atoms with E-state index in [1.54, 1.807) is 0 Å². The van der Waals surface area contributed by atoms with Gasteiger partial charge >= 0.3 is 0 Å². The summed E-state index contributed by atoms with van der Waals surface area (Å²) in [6.45, 7) is 12.3. The van der Waals surface area contributed by atoms with Crippen molar-refractivity contribution in [3.05, 3.63) is 42.5 Å². The molecule has 2 heteroatoms. The maximum atomic E-state index is 4.28. The number of nitrogens with one attached hydrogen (secondary N) is 1. The molecule has 20 heavy (non-hydrogen) atoms. The molecule has 1 aliphatic heterocycles. The monoisotopic (exact) mass is 272 g/mol. The highest BCUT2D eigenvalue weighted by Crippen LogP contribution is 2.17. The summed E-state index contributed by atoms with van der Waals surface area (Å²) in [5.41, 5.74) is 2.51. The van der Waals surface area contributed by atoms with Crippen LogP contribution in [0.2, 0.25) is 0 Å². The number of hydrogen-bond acceptors (Lipinski definition) is 2. The van der Waals surface area contributed by atoms with E-state index in [0.717, 1.165) is 12.5 Å². The number of benzene rings is 1. The Morgan fingerprint density at radius 1 is 1.35 bits per heavy atom. The summed E-state index contributed by atoms with van der Waals surface area (Å²) in [5.74, 6) is 0.805. The van der Waals surface area contributed by atoms with Crippen LogP contribution in [0.4, 0.5) is 0 Å². The Balaban J connectivity index is 1.89. The van der Waals surface area contributed by atoms with Gasteiger partial charge in [0.15, 0.2) is 0 Å². The molecule has 0 bridgehead atoms. The van der Waals surface area contributed by atoms with Crippen molar-refractivity contribution in [2.24, 2.45) is 5.92 Å². The SMILES string of the molecule is C=C(CN(CCC)CC1CCCNC1)c1ccccc1. The lowest BCUT2D eigenvalue weighted by Crippen LogP contribution is -2.39. The fraction of sp³-hybridized carbons (Fsp3) is 0.556. The lowest BCUT2D eigenvalue weighted by atomic mass is 9.98. The number of hydrogen-bond donors (Lipinski definition) is 1. The van der Waals surface area contributed by atoms with Gasteiger partial charge in [0.2, 0.25) is 0 Å². The van der Waals surface area contributed by atoms with Crippen LogP contribution in [-0.4, -0.2) is 37.6 Å². The van der Waals surface area contributed by atoms with E-state index in [0.29, 0.717) is 0 Å². The van der Waals surface area contributed by atoms with Crippen LogP contribution in [0.15, 0.2) is 36.9 Å². The summed E-state index contributed by atoms with van der Waals surface area (Å²) in [4.78, 5) is 2.58. The maximum Gasteiger partial charge on any atom is 0.0233 e. The first-order valence-electron chi connectivity index (χ1n) is 7.96. The van der Waals surface area contributed by atoms with Crippen LogP contribution in [0.3, 0.4) is 0 Å². The smallest absolute Gasteiger partial charge is 0.0233 e. The minimum atomic E-state index is 0.805. The minimum absolute atomic E-state index is 0.805. The Hall–Kier alpha value is -1.12. The first-order valence-corrected chi connectivity index (χ1v) is 7.96. The van der Waals surface area contributed by atoms with Crippen molar-refractivity contribution in [2.45, 2.75) is 26.2 Å². The molecule has 1 atom stereocenters. The summed E-state index contributed by atoms with van der Waals surface area (Å²) in [7, 11) is 0. The van der Waals surface area contributed by atoms with Crippen molar-refractivity contribution in [3.63, 3.8) is 0 Å². The van der Waals surface area contributed by atoms with Gasteiger partial charge in [0.05, 0.1) is 0 Å². The lowest BCUT2D eigenvalue weighted by Gasteiger charge is -2.30. The second-order valence-electron chi connectivity index (χ2n) is 5.92. The van der Waals surface area contributed by atoms with Crippen LogP contribution in [0.25, 0.3) is 5.57 Å². The third kappa shape index (κ3) is 4.77. The second kappa shape index (κ2) is 8.23. The molecule has 0 aliphatic carbocycles. The van der Waals surface area contributed by atoms with Crippen LogP contribution in [0, 0.1) is 5.92 Å². The van der Waals surface area contributed by atoms with E-state index in [4.69, 9.17) is 0 Å². The van der Waals surface area contributed by atoms with Crippen LogP contribution >= 0.6 is 0 Å². The number of piperidine rings is 1. The predicted octanol–water partition coefficient (Wildman–Crippen LogP) is 3.41. The van der Waals surface area contributed by atoms with E-state index in [2.05, 4.69) is 54.1 Å². The van der Waals surface area contributed by atoms with Gasteiger partial charge in [-0.05, 0) is 56.0 Å². The molecule has 1 unspecified atom stereocenters. The van der Waals surface area contributed by atoms with Gasteiger partial charge in [0.25, 0.3) is 0 Å². The minimum Gasteiger partial charge on any atom is -0.316 e. The van der Waals surface area contributed by atoms with E-state index in [1.807, 2.05) is 0 Å².